The van der Waals surface area contributed by atoms with Gasteiger partial charge in [-0.1, -0.05) is 0 Å². The Hall–Kier alpha value is -3.46. The molecule has 2 aliphatic rings. The minimum Gasteiger partial charge on any atom is -0.381 e. The van der Waals surface area contributed by atoms with E-state index in [9.17, 15) is 4.79 Å². The Balaban J connectivity index is 1.51. The third kappa shape index (κ3) is 3.20. The predicted octanol–water partition coefficient (Wildman–Crippen LogP) is 3.03. The Kier molecular flexibility index (Phi) is 4.57. The molecule has 2 N–H and O–H groups in total. The predicted molar refractivity (Wildman–Crippen MR) is 121 cm³/mol. The molecule has 0 atom stereocenters. The van der Waals surface area contributed by atoms with Crippen molar-refractivity contribution in [3.05, 3.63) is 42.4 Å². The Morgan fingerprint density at radius 1 is 1.19 bits per heavy atom. The highest BCUT2D eigenvalue weighted by Crippen LogP contribution is 2.34. The van der Waals surface area contributed by atoms with Gasteiger partial charge in [0.1, 0.15) is 17.0 Å². The van der Waals surface area contributed by atoms with Crippen LogP contribution < -0.4 is 10.6 Å². The van der Waals surface area contributed by atoms with E-state index in [1.807, 2.05) is 25.4 Å². The van der Waals surface area contributed by atoms with Gasteiger partial charge in [0.2, 0.25) is 0 Å². The number of nitrogens with zero attached hydrogens (tertiary/aromatic N) is 5. The van der Waals surface area contributed by atoms with Gasteiger partial charge < -0.3 is 19.9 Å². The third-order valence-electron chi connectivity index (χ3n) is 6.33. The zero-order valence-electron chi connectivity index (χ0n) is 17.9. The summed E-state index contributed by atoms with van der Waals surface area (Å²) >= 11 is 0. The van der Waals surface area contributed by atoms with Crippen molar-refractivity contribution in [3.63, 3.8) is 0 Å². The molecule has 1 amide bonds. The van der Waals surface area contributed by atoms with Crippen molar-refractivity contribution in [2.75, 3.05) is 25.6 Å². The van der Waals surface area contributed by atoms with Gasteiger partial charge in [-0.3, -0.25) is 4.79 Å². The first-order valence-electron chi connectivity index (χ1n) is 11.1. The normalized spacial score (nSPS) is 17.2. The Bertz CT molecular complexity index is 1310. The van der Waals surface area contributed by atoms with E-state index in [0.29, 0.717) is 17.3 Å². The SMILES string of the molecule is CNc1cc(-c2cn(C3CCOCC3)c3ncccc23)nc2c(C(=O)NC3CC3)cnn12. The molecule has 32 heavy (non-hydrogen) atoms. The van der Waals surface area contributed by atoms with Gasteiger partial charge in [-0.25, -0.2) is 9.97 Å². The highest BCUT2D eigenvalue weighted by atomic mass is 16.5. The summed E-state index contributed by atoms with van der Waals surface area (Å²) in [6.07, 6.45) is 9.55. The zero-order valence-corrected chi connectivity index (χ0v) is 17.9. The molecule has 0 bridgehead atoms. The first kappa shape index (κ1) is 19.2. The Morgan fingerprint density at radius 3 is 2.81 bits per heavy atom. The largest absolute Gasteiger partial charge is 0.381 e. The summed E-state index contributed by atoms with van der Waals surface area (Å²) in [6.45, 7) is 1.52. The summed E-state index contributed by atoms with van der Waals surface area (Å²) in [5.74, 6) is 0.645. The van der Waals surface area contributed by atoms with E-state index >= 15 is 0 Å². The molecule has 5 heterocycles. The number of nitrogens with one attached hydrogen (secondary N) is 2. The molecule has 1 saturated heterocycles. The van der Waals surface area contributed by atoms with Gasteiger partial charge >= 0.3 is 0 Å². The Morgan fingerprint density at radius 2 is 2.03 bits per heavy atom. The van der Waals surface area contributed by atoms with Crippen LogP contribution in [-0.2, 0) is 4.74 Å². The zero-order chi connectivity index (χ0) is 21.7. The molecule has 0 aromatic carbocycles. The lowest BCUT2D eigenvalue weighted by Crippen LogP contribution is -2.25. The molecule has 0 unspecified atom stereocenters. The molecular formula is C23H25N7O2. The number of carbonyl (C=O) groups is 1. The number of hydrogen-bond acceptors (Lipinski definition) is 6. The molecule has 9 heteroatoms. The summed E-state index contributed by atoms with van der Waals surface area (Å²) in [5.41, 5.74) is 3.75. The fourth-order valence-corrected chi connectivity index (χ4v) is 4.46. The standard InChI is InChI=1S/C23H25N7O2/c1-24-20-11-19(28-22-17(12-26-30(20)22)23(31)27-14-4-5-14)18-13-29(15-6-9-32-10-7-15)21-16(18)3-2-8-25-21/h2-3,8,11-15,24H,4-7,9-10H2,1H3,(H,27,31). The van der Waals surface area contributed by atoms with E-state index in [-0.39, 0.29) is 11.9 Å². The summed E-state index contributed by atoms with van der Waals surface area (Å²) in [5, 5.41) is 11.7. The first-order chi connectivity index (χ1) is 15.7. The number of amides is 1. The van der Waals surface area contributed by atoms with Gasteiger partial charge in [-0.05, 0) is 37.8 Å². The molecule has 6 rings (SSSR count). The third-order valence-corrected chi connectivity index (χ3v) is 6.33. The van der Waals surface area contributed by atoms with E-state index in [0.717, 1.165) is 67.0 Å². The highest BCUT2D eigenvalue weighted by molar-refractivity contribution is 6.01. The number of hydrogen-bond donors (Lipinski definition) is 2. The van der Waals surface area contributed by atoms with Gasteiger partial charge in [0, 0.05) is 61.8 Å². The van der Waals surface area contributed by atoms with Crippen LogP contribution in [0.2, 0.25) is 0 Å². The number of pyridine rings is 1. The Labute approximate surface area is 184 Å². The van der Waals surface area contributed by atoms with Crippen LogP contribution in [0.3, 0.4) is 0 Å². The fourth-order valence-electron chi connectivity index (χ4n) is 4.46. The summed E-state index contributed by atoms with van der Waals surface area (Å²) < 4.78 is 9.50. The average Bonchev–Trinajstić information content (AvgIpc) is 3.40. The smallest absolute Gasteiger partial charge is 0.256 e. The maximum absolute atomic E-state index is 12.8. The van der Waals surface area contributed by atoms with Gasteiger partial charge in [0.15, 0.2) is 5.65 Å². The minimum atomic E-state index is -0.125. The van der Waals surface area contributed by atoms with Crippen molar-refractivity contribution < 1.29 is 9.53 Å². The molecule has 164 valence electrons. The van der Waals surface area contributed by atoms with Crippen molar-refractivity contribution >= 4 is 28.4 Å². The highest BCUT2D eigenvalue weighted by Gasteiger charge is 2.27. The van der Waals surface area contributed by atoms with E-state index in [1.54, 1.807) is 10.7 Å². The summed E-state index contributed by atoms with van der Waals surface area (Å²) in [6, 6.07) is 6.62. The molecular weight excluding hydrogens is 406 g/mol. The molecule has 1 aliphatic carbocycles. The monoisotopic (exact) mass is 431 g/mol. The molecule has 4 aromatic heterocycles. The van der Waals surface area contributed by atoms with Crippen molar-refractivity contribution in [1.29, 1.82) is 0 Å². The number of anilines is 1. The van der Waals surface area contributed by atoms with Crippen molar-refractivity contribution in [2.45, 2.75) is 37.8 Å². The molecule has 0 radical (unpaired) electrons. The lowest BCUT2D eigenvalue weighted by molar-refractivity contribution is 0.0706. The lowest BCUT2D eigenvalue weighted by atomic mass is 10.1. The van der Waals surface area contributed by atoms with Crippen LogP contribution in [0.5, 0.6) is 0 Å². The van der Waals surface area contributed by atoms with Crippen LogP contribution in [-0.4, -0.2) is 56.4 Å². The molecule has 9 nitrogen and oxygen atoms in total. The van der Waals surface area contributed by atoms with E-state index in [4.69, 9.17) is 9.72 Å². The quantitative estimate of drug-likeness (QED) is 0.504. The number of carbonyl (C=O) groups excluding carboxylic acids is 1. The van der Waals surface area contributed by atoms with E-state index < -0.39 is 0 Å². The molecule has 2 fully saturated rings. The molecule has 0 spiro atoms. The van der Waals surface area contributed by atoms with Crippen molar-refractivity contribution in [3.8, 4) is 11.3 Å². The van der Waals surface area contributed by atoms with Crippen LogP contribution in [0.1, 0.15) is 42.1 Å². The van der Waals surface area contributed by atoms with Crippen LogP contribution >= 0.6 is 0 Å². The van der Waals surface area contributed by atoms with Crippen LogP contribution in [0.4, 0.5) is 5.82 Å². The van der Waals surface area contributed by atoms with Gasteiger partial charge in [-0.2, -0.15) is 9.61 Å². The number of fused-ring (bicyclic) bond motifs is 2. The topological polar surface area (TPSA) is 98.4 Å². The number of aromatic nitrogens is 5. The minimum absolute atomic E-state index is 0.125. The molecule has 1 saturated carbocycles. The van der Waals surface area contributed by atoms with Gasteiger partial charge in [-0.15, -0.1) is 0 Å². The van der Waals surface area contributed by atoms with Crippen LogP contribution in [0, 0.1) is 0 Å². The number of ether oxygens (including phenoxy) is 1. The molecule has 4 aromatic rings. The first-order valence-corrected chi connectivity index (χ1v) is 11.1. The second-order valence-electron chi connectivity index (χ2n) is 8.49. The second kappa shape index (κ2) is 7.59. The van der Waals surface area contributed by atoms with Crippen LogP contribution in [0.25, 0.3) is 27.9 Å². The maximum atomic E-state index is 12.8. The fraction of sp³-hybridized carbons (Fsp3) is 0.391. The molecule has 1 aliphatic heterocycles. The average molecular weight is 432 g/mol. The van der Waals surface area contributed by atoms with E-state index in [1.165, 1.54) is 0 Å². The van der Waals surface area contributed by atoms with Crippen LogP contribution in [0.15, 0.2) is 36.8 Å². The number of rotatable bonds is 5. The van der Waals surface area contributed by atoms with Gasteiger partial charge in [0.05, 0.1) is 11.9 Å². The maximum Gasteiger partial charge on any atom is 0.256 e. The van der Waals surface area contributed by atoms with Crippen molar-refractivity contribution in [2.24, 2.45) is 0 Å². The summed E-state index contributed by atoms with van der Waals surface area (Å²) in [7, 11) is 1.84. The van der Waals surface area contributed by atoms with E-state index in [2.05, 4.69) is 37.5 Å². The lowest BCUT2D eigenvalue weighted by Gasteiger charge is -2.24. The second-order valence-corrected chi connectivity index (χ2v) is 8.49. The van der Waals surface area contributed by atoms with Crippen molar-refractivity contribution in [1.82, 2.24) is 29.5 Å². The van der Waals surface area contributed by atoms with Gasteiger partial charge in [0.25, 0.3) is 5.91 Å². The summed E-state index contributed by atoms with van der Waals surface area (Å²) in [4.78, 5) is 22.4.